The van der Waals surface area contributed by atoms with Crippen LogP contribution in [-0.2, 0) is 11.4 Å². The number of furan rings is 1. The number of nitrogens with zero attached hydrogens (tertiary/aromatic N) is 1. The van der Waals surface area contributed by atoms with Gasteiger partial charge in [0.2, 0.25) is 0 Å². The molecule has 0 aliphatic heterocycles. The van der Waals surface area contributed by atoms with Crippen molar-refractivity contribution in [1.29, 1.82) is 0 Å². The summed E-state index contributed by atoms with van der Waals surface area (Å²) in [5, 5.41) is 11.3. The van der Waals surface area contributed by atoms with Gasteiger partial charge < -0.3 is 9.15 Å². The number of allylic oxidation sites excluding steroid dienone is 1. The lowest BCUT2D eigenvalue weighted by Crippen LogP contribution is -1.98. The van der Waals surface area contributed by atoms with E-state index in [2.05, 4.69) is 0 Å². The highest BCUT2D eigenvalue weighted by molar-refractivity contribution is 6.30. The first-order chi connectivity index (χ1) is 11.5. The van der Waals surface area contributed by atoms with Gasteiger partial charge in [-0.1, -0.05) is 11.6 Å². The molecule has 7 heteroatoms. The lowest BCUT2D eigenvalue weighted by Gasteiger charge is -2.05. The Bertz CT molecular complexity index is 807. The fourth-order valence-electron chi connectivity index (χ4n) is 2.13. The highest BCUT2D eigenvalue weighted by Crippen LogP contribution is 2.31. The number of benzene rings is 1. The Kier molecular flexibility index (Phi) is 4.66. The minimum absolute atomic E-state index is 0.0346. The molecule has 0 amide bonds. The molecule has 1 aliphatic carbocycles. The summed E-state index contributed by atoms with van der Waals surface area (Å²) >= 11 is 5.75. The summed E-state index contributed by atoms with van der Waals surface area (Å²) in [7, 11) is 0. The largest absolute Gasteiger partial charge is 0.479 e. The van der Waals surface area contributed by atoms with Crippen LogP contribution in [0.4, 0.5) is 5.69 Å². The standard InChI is InChI=1S/C17H14ClNO5/c18-12-3-8-17(15(9-12)19(21)22)23-10-14-5-4-13(24-14)6-7-16(20)11-1-2-11/h3-9,11H,1-2,10H2/b7-6+. The van der Waals surface area contributed by atoms with Crippen molar-refractivity contribution in [2.45, 2.75) is 19.4 Å². The van der Waals surface area contributed by atoms with Crippen LogP contribution in [-0.4, -0.2) is 10.7 Å². The molecule has 0 atom stereocenters. The summed E-state index contributed by atoms with van der Waals surface area (Å²) in [5.41, 5.74) is -0.204. The second-order valence-corrected chi connectivity index (χ2v) is 5.91. The van der Waals surface area contributed by atoms with Crippen LogP contribution in [0, 0.1) is 16.0 Å². The van der Waals surface area contributed by atoms with Crippen molar-refractivity contribution in [3.63, 3.8) is 0 Å². The molecule has 0 N–H and O–H groups in total. The molecule has 1 aromatic heterocycles. The highest BCUT2D eigenvalue weighted by Gasteiger charge is 2.27. The number of carbonyl (C=O) groups excluding carboxylic acids is 1. The number of halogens is 1. The van der Waals surface area contributed by atoms with Crippen molar-refractivity contribution >= 4 is 29.1 Å². The summed E-state index contributed by atoms with van der Waals surface area (Å²) in [6, 6.07) is 7.60. The monoisotopic (exact) mass is 347 g/mol. The Labute approximate surface area is 142 Å². The van der Waals surface area contributed by atoms with E-state index in [1.165, 1.54) is 24.3 Å². The summed E-state index contributed by atoms with van der Waals surface area (Å²) in [6.45, 7) is 0.0346. The van der Waals surface area contributed by atoms with Crippen LogP contribution in [0.25, 0.3) is 6.08 Å². The van der Waals surface area contributed by atoms with E-state index in [1.54, 1.807) is 18.2 Å². The number of ketones is 1. The minimum atomic E-state index is -0.555. The molecule has 1 aromatic carbocycles. The molecule has 6 nitrogen and oxygen atoms in total. The first-order valence-corrected chi connectivity index (χ1v) is 7.78. The summed E-state index contributed by atoms with van der Waals surface area (Å²) in [5.74, 6) is 1.43. The average Bonchev–Trinajstić information content (AvgIpc) is 3.31. The maximum absolute atomic E-state index is 11.6. The molecule has 0 bridgehead atoms. The molecule has 24 heavy (non-hydrogen) atoms. The van der Waals surface area contributed by atoms with E-state index >= 15 is 0 Å². The van der Waals surface area contributed by atoms with Gasteiger partial charge in [0.1, 0.15) is 18.1 Å². The Morgan fingerprint density at radius 2 is 2.17 bits per heavy atom. The normalized spacial score (nSPS) is 14.0. The fourth-order valence-corrected chi connectivity index (χ4v) is 2.30. The van der Waals surface area contributed by atoms with E-state index < -0.39 is 4.92 Å². The minimum Gasteiger partial charge on any atom is -0.479 e. The molecule has 1 fully saturated rings. The first-order valence-electron chi connectivity index (χ1n) is 7.40. The van der Waals surface area contributed by atoms with Crippen LogP contribution in [0.2, 0.25) is 5.02 Å². The number of rotatable bonds is 7. The zero-order valence-corrected chi connectivity index (χ0v) is 13.4. The number of carbonyl (C=O) groups is 1. The van der Waals surface area contributed by atoms with E-state index in [9.17, 15) is 14.9 Å². The Hall–Kier alpha value is -2.60. The zero-order valence-electron chi connectivity index (χ0n) is 12.6. The molecule has 1 saturated carbocycles. The fraction of sp³-hybridized carbons (Fsp3) is 0.235. The van der Waals surface area contributed by atoms with Gasteiger partial charge in [-0.2, -0.15) is 0 Å². The van der Waals surface area contributed by atoms with Gasteiger partial charge in [0, 0.05) is 17.0 Å². The van der Waals surface area contributed by atoms with Crippen LogP contribution in [0.5, 0.6) is 5.75 Å². The predicted octanol–water partition coefficient (Wildman–Crippen LogP) is 4.41. The highest BCUT2D eigenvalue weighted by atomic mass is 35.5. The number of hydrogen-bond donors (Lipinski definition) is 0. The van der Waals surface area contributed by atoms with E-state index in [4.69, 9.17) is 20.8 Å². The Balaban J connectivity index is 1.63. The Morgan fingerprint density at radius 3 is 2.88 bits per heavy atom. The van der Waals surface area contributed by atoms with Gasteiger partial charge in [-0.3, -0.25) is 14.9 Å². The molecular formula is C17H14ClNO5. The summed E-state index contributed by atoms with van der Waals surface area (Å²) < 4.78 is 11.0. The molecule has 1 aliphatic rings. The third-order valence-corrected chi connectivity index (χ3v) is 3.80. The second-order valence-electron chi connectivity index (χ2n) is 5.47. The van der Waals surface area contributed by atoms with E-state index in [-0.39, 0.29) is 34.8 Å². The van der Waals surface area contributed by atoms with Crippen LogP contribution in [0.15, 0.2) is 40.8 Å². The number of nitro groups is 1. The van der Waals surface area contributed by atoms with Crippen LogP contribution >= 0.6 is 11.6 Å². The van der Waals surface area contributed by atoms with Gasteiger partial charge in [0.25, 0.3) is 0 Å². The first kappa shape index (κ1) is 16.3. The molecular weight excluding hydrogens is 334 g/mol. The van der Waals surface area contributed by atoms with Gasteiger partial charge in [-0.15, -0.1) is 0 Å². The number of hydrogen-bond acceptors (Lipinski definition) is 5. The quantitative estimate of drug-likeness (QED) is 0.421. The second kappa shape index (κ2) is 6.88. The smallest absolute Gasteiger partial charge is 0.312 e. The van der Waals surface area contributed by atoms with Crippen LogP contribution in [0.1, 0.15) is 24.4 Å². The van der Waals surface area contributed by atoms with Crippen molar-refractivity contribution in [1.82, 2.24) is 0 Å². The van der Waals surface area contributed by atoms with E-state index in [1.807, 2.05) is 0 Å². The average molecular weight is 348 g/mol. The van der Waals surface area contributed by atoms with Crippen molar-refractivity contribution in [2.24, 2.45) is 5.92 Å². The van der Waals surface area contributed by atoms with Crippen molar-refractivity contribution in [2.75, 3.05) is 0 Å². The molecule has 3 rings (SSSR count). The maximum atomic E-state index is 11.6. The SMILES string of the molecule is O=C(/C=C/c1ccc(COc2ccc(Cl)cc2[N+](=O)[O-])o1)C1CC1. The van der Waals surface area contributed by atoms with E-state index in [0.29, 0.717) is 11.5 Å². The third kappa shape index (κ3) is 4.02. The van der Waals surface area contributed by atoms with Gasteiger partial charge >= 0.3 is 5.69 Å². The van der Waals surface area contributed by atoms with E-state index in [0.717, 1.165) is 12.8 Å². The summed E-state index contributed by atoms with van der Waals surface area (Å²) in [4.78, 5) is 22.0. The molecule has 2 aromatic rings. The number of nitro benzene ring substituents is 1. The topological polar surface area (TPSA) is 82.6 Å². The molecule has 1 heterocycles. The van der Waals surface area contributed by atoms with Crippen molar-refractivity contribution in [3.8, 4) is 5.75 Å². The van der Waals surface area contributed by atoms with Crippen molar-refractivity contribution < 1.29 is 18.9 Å². The maximum Gasteiger partial charge on any atom is 0.312 e. The van der Waals surface area contributed by atoms with Crippen LogP contribution in [0.3, 0.4) is 0 Å². The lowest BCUT2D eigenvalue weighted by atomic mass is 10.2. The number of ether oxygens (including phenoxy) is 1. The Morgan fingerprint density at radius 1 is 1.38 bits per heavy atom. The summed E-state index contributed by atoms with van der Waals surface area (Å²) in [6.07, 6.45) is 5.06. The molecule has 0 spiro atoms. The molecule has 0 saturated heterocycles. The van der Waals surface area contributed by atoms with Gasteiger partial charge in [0.05, 0.1) is 4.92 Å². The molecule has 124 valence electrons. The lowest BCUT2D eigenvalue weighted by molar-refractivity contribution is -0.385. The molecule has 0 unspecified atom stereocenters. The van der Waals surface area contributed by atoms with Crippen molar-refractivity contribution in [3.05, 3.63) is 63.1 Å². The van der Waals surface area contributed by atoms with Gasteiger partial charge in [0.15, 0.2) is 11.5 Å². The zero-order chi connectivity index (χ0) is 17.1. The van der Waals surface area contributed by atoms with Gasteiger partial charge in [-0.05, 0) is 49.3 Å². The van der Waals surface area contributed by atoms with Gasteiger partial charge in [-0.25, -0.2) is 0 Å². The predicted molar refractivity (Wildman–Crippen MR) is 87.9 cm³/mol. The van der Waals surface area contributed by atoms with Crippen LogP contribution < -0.4 is 4.74 Å². The molecule has 0 radical (unpaired) electrons. The third-order valence-electron chi connectivity index (χ3n) is 3.56.